The first kappa shape index (κ1) is 19.5. The lowest BCUT2D eigenvalue weighted by Gasteiger charge is -2.04. The maximum absolute atomic E-state index is 12.9. The number of thiazole rings is 1. The number of esters is 1. The van der Waals surface area contributed by atoms with E-state index in [0.29, 0.717) is 10.9 Å². The quantitative estimate of drug-likeness (QED) is 0.192. The molecule has 0 unspecified atom stereocenters. The average molecular weight is 417 g/mol. The molecule has 3 aromatic carbocycles. The van der Waals surface area contributed by atoms with Crippen LogP contribution in [0, 0.1) is 5.82 Å². The van der Waals surface area contributed by atoms with E-state index in [0.717, 1.165) is 16.8 Å². The Morgan fingerprint density at radius 1 is 1.00 bits per heavy atom. The zero-order valence-electron chi connectivity index (χ0n) is 15.7. The third-order valence-electron chi connectivity index (χ3n) is 4.12. The molecule has 0 aliphatic rings. The van der Waals surface area contributed by atoms with Crippen LogP contribution in [0.3, 0.4) is 0 Å². The highest BCUT2D eigenvalue weighted by Gasteiger charge is 2.08. The first-order valence-electron chi connectivity index (χ1n) is 9.05. The van der Waals surface area contributed by atoms with Crippen LogP contribution in [0.4, 0.5) is 9.52 Å². The molecule has 0 saturated heterocycles. The summed E-state index contributed by atoms with van der Waals surface area (Å²) in [6.45, 7) is 0. The van der Waals surface area contributed by atoms with Crippen molar-refractivity contribution in [3.63, 3.8) is 0 Å². The van der Waals surface area contributed by atoms with Crippen LogP contribution in [0.5, 0.6) is 5.75 Å². The number of hydrogen-bond donors (Lipinski definition) is 1. The van der Waals surface area contributed by atoms with Crippen molar-refractivity contribution in [3.8, 4) is 17.0 Å². The van der Waals surface area contributed by atoms with E-state index in [-0.39, 0.29) is 5.56 Å². The highest BCUT2D eigenvalue weighted by Crippen LogP contribution is 2.24. The molecular formula is C23H16FN3O2S. The first-order chi connectivity index (χ1) is 14.7. The number of aromatic nitrogens is 1. The third-order valence-corrected chi connectivity index (χ3v) is 4.87. The first-order valence-corrected chi connectivity index (χ1v) is 9.93. The summed E-state index contributed by atoms with van der Waals surface area (Å²) in [7, 11) is 0. The number of rotatable bonds is 6. The fourth-order valence-electron chi connectivity index (χ4n) is 2.60. The van der Waals surface area contributed by atoms with Gasteiger partial charge in [-0.05, 0) is 54.1 Å². The SMILES string of the molecule is O=C(Oc1ccc(/C=N\Nc2nc(-c3ccccc3)cs2)cc1)c1ccc(F)cc1. The molecule has 1 heterocycles. The van der Waals surface area contributed by atoms with Crippen molar-refractivity contribution in [1.82, 2.24) is 4.98 Å². The second-order valence-corrected chi connectivity index (χ2v) is 7.10. The van der Waals surface area contributed by atoms with Crippen LogP contribution < -0.4 is 10.2 Å². The lowest BCUT2D eigenvalue weighted by Crippen LogP contribution is -2.08. The number of carbonyl (C=O) groups is 1. The van der Waals surface area contributed by atoms with Gasteiger partial charge in [-0.2, -0.15) is 5.10 Å². The number of ether oxygens (including phenoxy) is 1. The van der Waals surface area contributed by atoms with E-state index in [1.807, 2.05) is 35.7 Å². The van der Waals surface area contributed by atoms with Gasteiger partial charge in [-0.25, -0.2) is 14.2 Å². The van der Waals surface area contributed by atoms with E-state index < -0.39 is 11.8 Å². The molecule has 148 valence electrons. The third kappa shape index (κ3) is 4.95. The molecule has 0 saturated carbocycles. The summed E-state index contributed by atoms with van der Waals surface area (Å²) in [5, 5.41) is 6.85. The number of nitrogens with zero attached hydrogens (tertiary/aromatic N) is 2. The van der Waals surface area contributed by atoms with Crippen LogP contribution in [0.15, 0.2) is 89.3 Å². The number of nitrogens with one attached hydrogen (secondary N) is 1. The molecule has 0 bridgehead atoms. The number of benzene rings is 3. The minimum atomic E-state index is -0.545. The molecule has 1 aromatic heterocycles. The molecule has 0 radical (unpaired) electrons. The second-order valence-electron chi connectivity index (χ2n) is 6.24. The minimum Gasteiger partial charge on any atom is -0.423 e. The van der Waals surface area contributed by atoms with Crippen molar-refractivity contribution >= 4 is 28.7 Å². The molecule has 0 aliphatic carbocycles. The number of hydrogen-bond acceptors (Lipinski definition) is 6. The van der Waals surface area contributed by atoms with E-state index >= 15 is 0 Å². The Balaban J connectivity index is 1.33. The van der Waals surface area contributed by atoms with E-state index in [1.165, 1.54) is 35.6 Å². The molecule has 4 rings (SSSR count). The lowest BCUT2D eigenvalue weighted by atomic mass is 10.2. The van der Waals surface area contributed by atoms with Crippen LogP contribution in [-0.4, -0.2) is 17.2 Å². The molecule has 7 heteroatoms. The number of hydrazone groups is 1. The lowest BCUT2D eigenvalue weighted by molar-refractivity contribution is 0.0734. The number of carbonyl (C=O) groups excluding carboxylic acids is 1. The molecule has 30 heavy (non-hydrogen) atoms. The smallest absolute Gasteiger partial charge is 0.343 e. The highest BCUT2D eigenvalue weighted by molar-refractivity contribution is 7.14. The van der Waals surface area contributed by atoms with Crippen LogP contribution in [0.25, 0.3) is 11.3 Å². The fourth-order valence-corrected chi connectivity index (χ4v) is 3.27. The predicted octanol–water partition coefficient (Wildman–Crippen LogP) is 5.61. The summed E-state index contributed by atoms with van der Waals surface area (Å²) in [6.07, 6.45) is 1.65. The molecule has 0 atom stereocenters. The van der Waals surface area contributed by atoms with Crippen molar-refractivity contribution in [1.29, 1.82) is 0 Å². The van der Waals surface area contributed by atoms with Gasteiger partial charge in [0.15, 0.2) is 0 Å². The molecule has 0 spiro atoms. The maximum Gasteiger partial charge on any atom is 0.343 e. The number of halogens is 1. The summed E-state index contributed by atoms with van der Waals surface area (Å²) < 4.78 is 18.2. The van der Waals surface area contributed by atoms with Gasteiger partial charge < -0.3 is 4.74 Å². The zero-order chi connectivity index (χ0) is 20.8. The summed E-state index contributed by atoms with van der Waals surface area (Å²) in [6, 6.07) is 22.0. The molecular weight excluding hydrogens is 401 g/mol. The van der Waals surface area contributed by atoms with E-state index in [9.17, 15) is 9.18 Å². The Morgan fingerprint density at radius 3 is 2.47 bits per heavy atom. The summed E-state index contributed by atoms with van der Waals surface area (Å²) in [5.41, 5.74) is 5.97. The molecule has 0 fully saturated rings. The van der Waals surface area contributed by atoms with Gasteiger partial charge in [-0.15, -0.1) is 11.3 Å². The molecule has 0 amide bonds. The molecule has 4 aromatic rings. The topological polar surface area (TPSA) is 63.6 Å². The second kappa shape index (κ2) is 9.11. The fraction of sp³-hybridized carbons (Fsp3) is 0. The van der Waals surface area contributed by atoms with Crippen molar-refractivity contribution in [3.05, 3.63) is 101 Å². The van der Waals surface area contributed by atoms with Crippen LogP contribution in [0.2, 0.25) is 0 Å². The summed E-state index contributed by atoms with van der Waals surface area (Å²) in [4.78, 5) is 16.6. The van der Waals surface area contributed by atoms with Crippen LogP contribution in [0.1, 0.15) is 15.9 Å². The maximum atomic E-state index is 12.9. The Kier molecular flexibility index (Phi) is 5.91. The Labute approximate surface area is 176 Å². The van der Waals surface area contributed by atoms with Gasteiger partial charge in [0.05, 0.1) is 17.5 Å². The van der Waals surface area contributed by atoms with E-state index in [1.54, 1.807) is 30.5 Å². The van der Waals surface area contributed by atoms with Gasteiger partial charge in [-0.3, -0.25) is 5.43 Å². The zero-order valence-corrected chi connectivity index (χ0v) is 16.5. The number of anilines is 1. The van der Waals surface area contributed by atoms with Gasteiger partial charge >= 0.3 is 5.97 Å². The average Bonchev–Trinajstić information content (AvgIpc) is 3.25. The Bertz CT molecular complexity index is 1160. The van der Waals surface area contributed by atoms with Gasteiger partial charge in [0.2, 0.25) is 5.13 Å². The monoisotopic (exact) mass is 417 g/mol. The van der Waals surface area contributed by atoms with Crippen LogP contribution >= 0.6 is 11.3 Å². The molecule has 1 N–H and O–H groups in total. The van der Waals surface area contributed by atoms with Crippen molar-refractivity contribution in [2.45, 2.75) is 0 Å². The van der Waals surface area contributed by atoms with Crippen molar-refractivity contribution in [2.24, 2.45) is 5.10 Å². The van der Waals surface area contributed by atoms with Gasteiger partial charge in [0.1, 0.15) is 11.6 Å². The largest absolute Gasteiger partial charge is 0.423 e. The highest BCUT2D eigenvalue weighted by atomic mass is 32.1. The van der Waals surface area contributed by atoms with E-state index in [4.69, 9.17) is 4.74 Å². The normalized spacial score (nSPS) is 10.8. The molecule has 5 nitrogen and oxygen atoms in total. The standard InChI is InChI=1S/C23H16FN3O2S/c24-19-10-8-18(9-11-19)22(28)29-20-12-6-16(7-13-20)14-25-27-23-26-21(15-30-23)17-4-2-1-3-5-17/h1-15H,(H,26,27)/b25-14-. The summed E-state index contributed by atoms with van der Waals surface area (Å²) >= 11 is 1.47. The van der Waals surface area contributed by atoms with E-state index in [2.05, 4.69) is 15.5 Å². The minimum absolute atomic E-state index is 0.282. The Morgan fingerprint density at radius 2 is 1.73 bits per heavy atom. The van der Waals surface area contributed by atoms with Gasteiger partial charge in [0.25, 0.3) is 0 Å². The van der Waals surface area contributed by atoms with Gasteiger partial charge in [-0.1, -0.05) is 30.3 Å². The van der Waals surface area contributed by atoms with Crippen molar-refractivity contribution in [2.75, 3.05) is 5.43 Å². The predicted molar refractivity (Wildman–Crippen MR) is 117 cm³/mol. The van der Waals surface area contributed by atoms with Crippen molar-refractivity contribution < 1.29 is 13.9 Å². The summed E-state index contributed by atoms with van der Waals surface area (Å²) in [5.74, 6) is -0.559. The van der Waals surface area contributed by atoms with Gasteiger partial charge in [0, 0.05) is 10.9 Å². The molecule has 0 aliphatic heterocycles. The Hall–Kier alpha value is -3.84. The van der Waals surface area contributed by atoms with Crippen LogP contribution in [-0.2, 0) is 0 Å².